The second-order valence-corrected chi connectivity index (χ2v) is 7.56. The Labute approximate surface area is 164 Å². The van der Waals surface area contributed by atoms with Crippen molar-refractivity contribution in [2.75, 3.05) is 31.1 Å². The van der Waals surface area contributed by atoms with Gasteiger partial charge in [-0.3, -0.25) is 4.79 Å². The molecule has 0 aliphatic carbocycles. The quantitative estimate of drug-likeness (QED) is 0.679. The summed E-state index contributed by atoms with van der Waals surface area (Å²) in [7, 11) is 0. The highest BCUT2D eigenvalue weighted by atomic mass is 32.1. The van der Waals surface area contributed by atoms with Gasteiger partial charge in [-0.25, -0.2) is 4.98 Å². The Balaban J connectivity index is 1.41. The van der Waals surface area contributed by atoms with Crippen LogP contribution in [0.4, 0.5) is 5.69 Å². The van der Waals surface area contributed by atoms with E-state index in [1.54, 1.807) is 0 Å². The van der Waals surface area contributed by atoms with Crippen LogP contribution in [0.25, 0.3) is 10.6 Å². The van der Waals surface area contributed by atoms with Gasteiger partial charge in [0.15, 0.2) is 0 Å². The Hall–Kier alpha value is -2.66. The van der Waals surface area contributed by atoms with Gasteiger partial charge in [-0.2, -0.15) is 0 Å². The molecule has 0 radical (unpaired) electrons. The third-order valence-electron chi connectivity index (χ3n) is 5.02. The van der Waals surface area contributed by atoms with E-state index in [0.29, 0.717) is 5.69 Å². The standard InChI is InChI=1S/C22H23N3OS/c1-2-17-8-10-18(11-9-17)21-23-20(16-27-21)22(26)25-14-12-24(13-15-25)19-6-4-3-5-7-19/h3-11,16H,2,12-15H2,1H3. The second kappa shape index (κ2) is 7.92. The predicted octanol–water partition coefficient (Wildman–Crippen LogP) is 4.33. The fourth-order valence-corrected chi connectivity index (χ4v) is 4.16. The molecule has 0 saturated carbocycles. The van der Waals surface area contributed by atoms with E-state index in [0.717, 1.165) is 43.2 Å². The summed E-state index contributed by atoms with van der Waals surface area (Å²) in [6.45, 7) is 5.31. The van der Waals surface area contributed by atoms with Crippen LogP contribution in [0, 0.1) is 0 Å². The van der Waals surface area contributed by atoms with E-state index < -0.39 is 0 Å². The van der Waals surface area contributed by atoms with Crippen molar-refractivity contribution in [3.05, 3.63) is 71.2 Å². The molecular weight excluding hydrogens is 354 g/mol. The molecule has 2 heterocycles. The molecule has 0 N–H and O–H groups in total. The molecule has 0 unspecified atom stereocenters. The number of carbonyl (C=O) groups excluding carboxylic acids is 1. The number of amides is 1. The van der Waals surface area contributed by atoms with Crippen molar-refractivity contribution in [3.63, 3.8) is 0 Å². The maximum absolute atomic E-state index is 12.8. The first-order valence-electron chi connectivity index (χ1n) is 9.38. The van der Waals surface area contributed by atoms with Crippen LogP contribution in [0.2, 0.25) is 0 Å². The number of rotatable bonds is 4. The van der Waals surface area contributed by atoms with Crippen molar-refractivity contribution in [1.82, 2.24) is 9.88 Å². The number of hydrogen-bond donors (Lipinski definition) is 0. The number of thiazole rings is 1. The van der Waals surface area contributed by atoms with Crippen LogP contribution in [0.15, 0.2) is 60.0 Å². The van der Waals surface area contributed by atoms with Crippen molar-refractivity contribution in [1.29, 1.82) is 0 Å². The van der Waals surface area contributed by atoms with Crippen LogP contribution in [-0.2, 0) is 6.42 Å². The maximum atomic E-state index is 12.8. The highest BCUT2D eigenvalue weighted by Gasteiger charge is 2.24. The second-order valence-electron chi connectivity index (χ2n) is 6.70. The largest absolute Gasteiger partial charge is 0.368 e. The third kappa shape index (κ3) is 3.88. The van der Waals surface area contributed by atoms with Crippen LogP contribution in [0.5, 0.6) is 0 Å². The third-order valence-corrected chi connectivity index (χ3v) is 5.91. The Morgan fingerprint density at radius 1 is 1.00 bits per heavy atom. The van der Waals surface area contributed by atoms with Gasteiger partial charge in [-0.15, -0.1) is 11.3 Å². The molecule has 0 spiro atoms. The van der Waals surface area contributed by atoms with Gasteiger partial charge in [0, 0.05) is 42.8 Å². The van der Waals surface area contributed by atoms with Crippen molar-refractivity contribution in [2.45, 2.75) is 13.3 Å². The Morgan fingerprint density at radius 3 is 2.37 bits per heavy atom. The Kier molecular flexibility index (Phi) is 5.21. The monoisotopic (exact) mass is 377 g/mol. The molecule has 27 heavy (non-hydrogen) atoms. The van der Waals surface area contributed by atoms with E-state index >= 15 is 0 Å². The lowest BCUT2D eigenvalue weighted by molar-refractivity contribution is 0.0742. The molecule has 1 fully saturated rings. The van der Waals surface area contributed by atoms with Gasteiger partial charge in [0.1, 0.15) is 10.7 Å². The van der Waals surface area contributed by atoms with Crippen molar-refractivity contribution < 1.29 is 4.79 Å². The van der Waals surface area contributed by atoms with E-state index in [1.165, 1.54) is 22.6 Å². The number of piperazine rings is 1. The van der Waals surface area contributed by atoms with Gasteiger partial charge in [-0.05, 0) is 24.1 Å². The van der Waals surface area contributed by atoms with Gasteiger partial charge >= 0.3 is 0 Å². The molecule has 1 amide bonds. The van der Waals surface area contributed by atoms with Crippen LogP contribution in [0.3, 0.4) is 0 Å². The van der Waals surface area contributed by atoms with Gasteiger partial charge < -0.3 is 9.80 Å². The molecule has 138 valence electrons. The van der Waals surface area contributed by atoms with Crippen LogP contribution in [0.1, 0.15) is 23.0 Å². The molecule has 4 rings (SSSR count). The first-order chi connectivity index (χ1) is 13.2. The van der Waals surface area contributed by atoms with Crippen LogP contribution >= 0.6 is 11.3 Å². The maximum Gasteiger partial charge on any atom is 0.273 e. The zero-order chi connectivity index (χ0) is 18.6. The molecule has 1 aliphatic rings. The van der Waals surface area contributed by atoms with Gasteiger partial charge in [0.25, 0.3) is 5.91 Å². The topological polar surface area (TPSA) is 36.4 Å². The summed E-state index contributed by atoms with van der Waals surface area (Å²) in [4.78, 5) is 21.7. The Bertz CT molecular complexity index is 897. The van der Waals surface area contributed by atoms with Gasteiger partial charge in [-0.1, -0.05) is 49.4 Å². The highest BCUT2D eigenvalue weighted by molar-refractivity contribution is 7.13. The first-order valence-corrected chi connectivity index (χ1v) is 10.3. The number of carbonyl (C=O) groups is 1. The fourth-order valence-electron chi connectivity index (χ4n) is 3.36. The number of benzene rings is 2. The smallest absolute Gasteiger partial charge is 0.273 e. The summed E-state index contributed by atoms with van der Waals surface area (Å²) in [5, 5.41) is 2.79. The number of para-hydroxylation sites is 1. The molecule has 4 nitrogen and oxygen atoms in total. The van der Waals surface area contributed by atoms with Crippen LogP contribution in [-0.4, -0.2) is 42.0 Å². The van der Waals surface area contributed by atoms with Crippen molar-refractivity contribution in [3.8, 4) is 10.6 Å². The normalized spacial score (nSPS) is 14.4. The summed E-state index contributed by atoms with van der Waals surface area (Å²) in [5.74, 6) is 0.0374. The summed E-state index contributed by atoms with van der Waals surface area (Å²) in [6, 6.07) is 18.8. The van der Waals surface area contributed by atoms with E-state index in [1.807, 2.05) is 16.3 Å². The lowest BCUT2D eigenvalue weighted by atomic mass is 10.1. The predicted molar refractivity (Wildman–Crippen MR) is 111 cm³/mol. The zero-order valence-corrected chi connectivity index (χ0v) is 16.3. The molecule has 1 aromatic heterocycles. The van der Waals surface area contributed by atoms with Crippen LogP contribution < -0.4 is 4.90 Å². The summed E-state index contributed by atoms with van der Waals surface area (Å²) < 4.78 is 0. The molecule has 3 aromatic rings. The molecule has 0 bridgehead atoms. The average Bonchev–Trinajstić information content (AvgIpc) is 3.24. The molecule has 2 aromatic carbocycles. The lowest BCUT2D eigenvalue weighted by Gasteiger charge is -2.35. The number of anilines is 1. The molecule has 0 atom stereocenters. The SMILES string of the molecule is CCc1ccc(-c2nc(C(=O)N3CCN(c4ccccc4)CC3)cs2)cc1. The van der Waals surface area contributed by atoms with E-state index in [2.05, 4.69) is 65.3 Å². The summed E-state index contributed by atoms with van der Waals surface area (Å²) in [6.07, 6.45) is 1.02. The highest BCUT2D eigenvalue weighted by Crippen LogP contribution is 2.25. The number of nitrogens with zero attached hydrogens (tertiary/aromatic N) is 3. The zero-order valence-electron chi connectivity index (χ0n) is 15.5. The van der Waals surface area contributed by atoms with Gasteiger partial charge in [0.2, 0.25) is 0 Å². The van der Waals surface area contributed by atoms with E-state index in [9.17, 15) is 4.79 Å². The minimum Gasteiger partial charge on any atom is -0.368 e. The number of hydrogen-bond acceptors (Lipinski definition) is 4. The minimum atomic E-state index is 0.0374. The lowest BCUT2D eigenvalue weighted by Crippen LogP contribution is -2.48. The summed E-state index contributed by atoms with van der Waals surface area (Å²) >= 11 is 1.54. The molecular formula is C22H23N3OS. The van der Waals surface area contributed by atoms with E-state index in [-0.39, 0.29) is 5.91 Å². The van der Waals surface area contributed by atoms with Crippen molar-refractivity contribution >= 4 is 22.9 Å². The van der Waals surface area contributed by atoms with Gasteiger partial charge in [0.05, 0.1) is 0 Å². The average molecular weight is 378 g/mol. The fraction of sp³-hybridized carbons (Fsp3) is 0.273. The molecule has 1 aliphatic heterocycles. The number of aromatic nitrogens is 1. The van der Waals surface area contributed by atoms with Crippen molar-refractivity contribution in [2.24, 2.45) is 0 Å². The first kappa shape index (κ1) is 17.7. The summed E-state index contributed by atoms with van der Waals surface area (Å²) in [5.41, 5.74) is 4.16. The number of aryl methyl sites for hydroxylation is 1. The van der Waals surface area contributed by atoms with E-state index in [4.69, 9.17) is 0 Å². The molecule has 1 saturated heterocycles. The Morgan fingerprint density at radius 2 is 1.70 bits per heavy atom. The molecule has 5 heteroatoms. The minimum absolute atomic E-state index is 0.0374.